The lowest BCUT2D eigenvalue weighted by Gasteiger charge is -2.36. The molecule has 1 atom stereocenters. The molecule has 0 radical (unpaired) electrons. The highest BCUT2D eigenvalue weighted by atomic mass is 15.0. The lowest BCUT2D eigenvalue weighted by atomic mass is 9.91. The van der Waals surface area contributed by atoms with Crippen molar-refractivity contribution in [1.29, 1.82) is 0 Å². The van der Waals surface area contributed by atoms with E-state index in [9.17, 15) is 0 Å². The lowest BCUT2D eigenvalue weighted by molar-refractivity contribution is 0.256. The Labute approximate surface area is 77.2 Å². The van der Waals surface area contributed by atoms with Crippen molar-refractivity contribution in [1.82, 2.24) is 5.32 Å². The first-order chi connectivity index (χ1) is 5.33. The number of hydrogen-bond donors (Lipinski definition) is 1. The van der Waals surface area contributed by atoms with Crippen LogP contribution >= 0.6 is 0 Å². The molecule has 1 heteroatoms. The molecule has 0 fully saturated rings. The molecule has 0 bridgehead atoms. The van der Waals surface area contributed by atoms with Crippen LogP contribution in [0.2, 0.25) is 0 Å². The molecule has 0 aromatic rings. The Morgan fingerprint density at radius 1 is 1.25 bits per heavy atom. The van der Waals surface area contributed by atoms with E-state index in [1.54, 1.807) is 0 Å². The Hall–Kier alpha value is -0.300. The summed E-state index contributed by atoms with van der Waals surface area (Å²) in [6.45, 7) is 14.8. The summed E-state index contributed by atoms with van der Waals surface area (Å²) < 4.78 is 0. The van der Waals surface area contributed by atoms with Crippen LogP contribution < -0.4 is 5.32 Å². The molecule has 0 spiro atoms. The van der Waals surface area contributed by atoms with Gasteiger partial charge < -0.3 is 5.32 Å². The van der Waals surface area contributed by atoms with Gasteiger partial charge in [0.2, 0.25) is 0 Å². The number of nitrogens with one attached hydrogen (secondary N) is 1. The summed E-state index contributed by atoms with van der Waals surface area (Å²) in [5, 5.41) is 3.61. The molecule has 0 aliphatic rings. The van der Waals surface area contributed by atoms with Crippen LogP contribution in [0.5, 0.6) is 0 Å². The first-order valence-electron chi connectivity index (χ1n) is 4.73. The molecule has 0 amide bonds. The number of hydrogen-bond acceptors (Lipinski definition) is 1. The second-order valence-corrected chi connectivity index (χ2v) is 4.78. The van der Waals surface area contributed by atoms with E-state index in [0.717, 1.165) is 12.8 Å². The molecule has 0 aliphatic carbocycles. The van der Waals surface area contributed by atoms with Gasteiger partial charge in [-0.15, -0.1) is 6.58 Å². The van der Waals surface area contributed by atoms with Crippen LogP contribution in [0.1, 0.15) is 47.5 Å². The molecule has 0 rings (SSSR count). The molecule has 0 saturated heterocycles. The van der Waals surface area contributed by atoms with Gasteiger partial charge in [-0.05, 0) is 40.5 Å². The van der Waals surface area contributed by atoms with Crippen LogP contribution in [-0.2, 0) is 0 Å². The Morgan fingerprint density at radius 2 is 1.75 bits per heavy atom. The fraction of sp³-hybridized carbons (Fsp3) is 0.818. The van der Waals surface area contributed by atoms with Crippen LogP contribution in [0.4, 0.5) is 0 Å². The average Bonchev–Trinajstić information content (AvgIpc) is 1.84. The topological polar surface area (TPSA) is 12.0 Å². The van der Waals surface area contributed by atoms with E-state index in [4.69, 9.17) is 0 Å². The third-order valence-corrected chi connectivity index (χ3v) is 2.05. The molecular weight excluding hydrogens is 146 g/mol. The quantitative estimate of drug-likeness (QED) is 0.638. The summed E-state index contributed by atoms with van der Waals surface area (Å²) in [4.78, 5) is 0. The predicted molar refractivity (Wildman–Crippen MR) is 56.4 cm³/mol. The van der Waals surface area contributed by atoms with E-state index in [2.05, 4.69) is 46.5 Å². The maximum absolute atomic E-state index is 3.78. The molecule has 0 aliphatic heterocycles. The standard InChI is InChI=1S/C11H23N/c1-7-9-11(6,8-2)12-10(3,4)5/h7,12H,1,8-9H2,2-6H3. The SMILES string of the molecule is C=CCC(C)(CC)NC(C)(C)C. The summed E-state index contributed by atoms with van der Waals surface area (Å²) in [5.74, 6) is 0. The molecule has 72 valence electrons. The van der Waals surface area contributed by atoms with Crippen molar-refractivity contribution in [3.63, 3.8) is 0 Å². The number of rotatable bonds is 4. The molecule has 0 aromatic carbocycles. The summed E-state index contributed by atoms with van der Waals surface area (Å²) >= 11 is 0. The Balaban J connectivity index is 4.23. The van der Waals surface area contributed by atoms with E-state index < -0.39 is 0 Å². The highest BCUT2D eigenvalue weighted by Gasteiger charge is 2.25. The molecule has 0 saturated carbocycles. The van der Waals surface area contributed by atoms with Crippen LogP contribution in [0.15, 0.2) is 12.7 Å². The van der Waals surface area contributed by atoms with Crippen LogP contribution in [0.3, 0.4) is 0 Å². The van der Waals surface area contributed by atoms with Crippen molar-refractivity contribution in [2.45, 2.75) is 58.5 Å². The largest absolute Gasteiger partial charge is 0.307 e. The summed E-state index contributed by atoms with van der Waals surface area (Å²) in [5.41, 5.74) is 0.397. The summed E-state index contributed by atoms with van der Waals surface area (Å²) in [6.07, 6.45) is 4.15. The molecular formula is C11H23N. The molecule has 0 heterocycles. The first-order valence-corrected chi connectivity index (χ1v) is 4.73. The van der Waals surface area contributed by atoms with Gasteiger partial charge >= 0.3 is 0 Å². The third-order valence-electron chi connectivity index (χ3n) is 2.05. The monoisotopic (exact) mass is 169 g/mol. The van der Waals surface area contributed by atoms with Crippen LogP contribution in [-0.4, -0.2) is 11.1 Å². The van der Waals surface area contributed by atoms with Crippen LogP contribution in [0.25, 0.3) is 0 Å². The first kappa shape index (κ1) is 11.7. The fourth-order valence-electron chi connectivity index (χ4n) is 1.51. The third kappa shape index (κ3) is 4.55. The highest BCUT2D eigenvalue weighted by Crippen LogP contribution is 2.18. The predicted octanol–water partition coefficient (Wildman–Crippen LogP) is 3.12. The van der Waals surface area contributed by atoms with Gasteiger partial charge in [-0.3, -0.25) is 0 Å². The van der Waals surface area contributed by atoms with Crippen molar-refractivity contribution in [2.75, 3.05) is 0 Å². The fourth-order valence-corrected chi connectivity index (χ4v) is 1.51. The minimum absolute atomic E-state index is 0.188. The molecule has 1 N–H and O–H groups in total. The maximum atomic E-state index is 3.78. The Bertz CT molecular complexity index is 144. The van der Waals surface area contributed by atoms with Crippen molar-refractivity contribution >= 4 is 0 Å². The van der Waals surface area contributed by atoms with Gasteiger partial charge in [0.25, 0.3) is 0 Å². The Kier molecular flexibility index (Phi) is 3.98. The molecule has 12 heavy (non-hydrogen) atoms. The molecule has 1 nitrogen and oxygen atoms in total. The van der Waals surface area contributed by atoms with Crippen molar-refractivity contribution < 1.29 is 0 Å². The van der Waals surface area contributed by atoms with E-state index in [1.807, 2.05) is 6.08 Å². The van der Waals surface area contributed by atoms with Gasteiger partial charge in [0, 0.05) is 11.1 Å². The average molecular weight is 169 g/mol. The zero-order valence-corrected chi connectivity index (χ0v) is 9.20. The molecule has 0 aromatic heterocycles. The van der Waals surface area contributed by atoms with Crippen LogP contribution in [0, 0.1) is 0 Å². The van der Waals surface area contributed by atoms with Gasteiger partial charge in [-0.25, -0.2) is 0 Å². The van der Waals surface area contributed by atoms with E-state index in [-0.39, 0.29) is 11.1 Å². The van der Waals surface area contributed by atoms with Gasteiger partial charge in [-0.2, -0.15) is 0 Å². The minimum Gasteiger partial charge on any atom is -0.307 e. The van der Waals surface area contributed by atoms with Gasteiger partial charge in [0.05, 0.1) is 0 Å². The van der Waals surface area contributed by atoms with E-state index in [1.165, 1.54) is 0 Å². The summed E-state index contributed by atoms with van der Waals surface area (Å²) in [6, 6.07) is 0. The lowest BCUT2D eigenvalue weighted by Crippen LogP contribution is -2.51. The van der Waals surface area contributed by atoms with Gasteiger partial charge in [0.15, 0.2) is 0 Å². The molecule has 1 unspecified atom stereocenters. The van der Waals surface area contributed by atoms with Crippen molar-refractivity contribution in [3.8, 4) is 0 Å². The van der Waals surface area contributed by atoms with Crippen molar-refractivity contribution in [2.24, 2.45) is 0 Å². The normalized spacial score (nSPS) is 17.1. The Morgan fingerprint density at radius 3 is 2.00 bits per heavy atom. The van der Waals surface area contributed by atoms with Crippen molar-refractivity contribution in [3.05, 3.63) is 12.7 Å². The summed E-state index contributed by atoms with van der Waals surface area (Å²) in [7, 11) is 0. The highest BCUT2D eigenvalue weighted by molar-refractivity contribution is 4.93. The van der Waals surface area contributed by atoms with Gasteiger partial charge in [0.1, 0.15) is 0 Å². The zero-order valence-electron chi connectivity index (χ0n) is 9.20. The van der Waals surface area contributed by atoms with E-state index >= 15 is 0 Å². The maximum Gasteiger partial charge on any atom is 0.0189 e. The van der Waals surface area contributed by atoms with Gasteiger partial charge in [-0.1, -0.05) is 13.0 Å². The minimum atomic E-state index is 0.188. The van der Waals surface area contributed by atoms with E-state index in [0.29, 0.717) is 0 Å². The second-order valence-electron chi connectivity index (χ2n) is 4.78. The smallest absolute Gasteiger partial charge is 0.0189 e. The second kappa shape index (κ2) is 4.08. The zero-order chi connectivity index (χ0) is 9.83.